The molecule has 1 fully saturated rings. The van der Waals surface area contributed by atoms with Crippen molar-refractivity contribution in [2.75, 3.05) is 42.3 Å². The van der Waals surface area contributed by atoms with Gasteiger partial charge in [-0.3, -0.25) is 9.62 Å². The molecule has 3 aromatic rings. The zero-order chi connectivity index (χ0) is 24.5. The summed E-state index contributed by atoms with van der Waals surface area (Å²) >= 11 is 11.8. The molecule has 0 unspecified atom stereocenters. The minimum absolute atomic E-state index is 0. The summed E-state index contributed by atoms with van der Waals surface area (Å²) in [6, 6.07) is 10.2. The van der Waals surface area contributed by atoms with Crippen LogP contribution in [-0.2, 0) is 10.0 Å². The summed E-state index contributed by atoms with van der Waals surface area (Å²) < 4.78 is 28.1. The summed E-state index contributed by atoms with van der Waals surface area (Å²) in [5.41, 5.74) is 0.749. The SMILES string of the molecule is CCCN1CCN(c2cc(C(=O)O)c3cc(NS(=O)(=O)c4ccc(Cl)c(Cl)c4)ccc3n2)CC1.Cl.Cl.Cl. The maximum absolute atomic E-state index is 12.8. The zero-order valence-corrected chi connectivity index (χ0v) is 24.5. The lowest BCUT2D eigenvalue weighted by Crippen LogP contribution is -2.46. The van der Waals surface area contributed by atoms with Crippen LogP contribution in [0.3, 0.4) is 0 Å². The van der Waals surface area contributed by atoms with E-state index in [-0.39, 0.29) is 63.4 Å². The van der Waals surface area contributed by atoms with Gasteiger partial charge in [0.1, 0.15) is 5.82 Å². The number of carboxylic acids is 1. The Labute approximate surface area is 244 Å². The lowest BCUT2D eigenvalue weighted by molar-refractivity contribution is 0.0699. The second kappa shape index (κ2) is 13.9. The Morgan fingerprint density at radius 3 is 2.27 bits per heavy atom. The molecule has 8 nitrogen and oxygen atoms in total. The normalized spacial score (nSPS) is 13.8. The monoisotopic (exact) mass is 630 g/mol. The van der Waals surface area contributed by atoms with Crippen molar-refractivity contribution in [1.29, 1.82) is 0 Å². The number of halogens is 5. The largest absolute Gasteiger partial charge is 0.478 e. The van der Waals surface area contributed by atoms with Crippen LogP contribution < -0.4 is 9.62 Å². The number of anilines is 2. The van der Waals surface area contributed by atoms with Crippen LogP contribution >= 0.6 is 60.4 Å². The van der Waals surface area contributed by atoms with Crippen LogP contribution in [0.25, 0.3) is 10.9 Å². The van der Waals surface area contributed by atoms with E-state index in [2.05, 4.69) is 26.4 Å². The molecule has 204 valence electrons. The fourth-order valence-corrected chi connectivity index (χ4v) is 5.43. The Morgan fingerprint density at radius 2 is 1.68 bits per heavy atom. The highest BCUT2D eigenvalue weighted by molar-refractivity contribution is 7.92. The first-order valence-corrected chi connectivity index (χ1v) is 13.0. The maximum atomic E-state index is 12.8. The predicted octanol–water partition coefficient (Wildman–Crippen LogP) is 5.84. The summed E-state index contributed by atoms with van der Waals surface area (Å²) in [4.78, 5) is 21.1. The molecule has 4 rings (SSSR count). The molecular formula is C23H27Cl5N4O4S. The second-order valence-corrected chi connectivity index (χ2v) is 10.6. The van der Waals surface area contributed by atoms with Gasteiger partial charge in [-0.25, -0.2) is 18.2 Å². The summed E-state index contributed by atoms with van der Waals surface area (Å²) in [5.74, 6) is -0.507. The molecule has 0 bridgehead atoms. The number of sulfonamides is 1. The molecule has 2 aromatic carbocycles. The smallest absolute Gasteiger partial charge is 0.336 e. The van der Waals surface area contributed by atoms with E-state index in [1.807, 2.05) is 0 Å². The molecule has 1 aliphatic heterocycles. The number of carboxylic acid groups (broad SMARTS) is 1. The van der Waals surface area contributed by atoms with Gasteiger partial charge in [-0.15, -0.1) is 37.2 Å². The number of nitrogens with zero attached hydrogens (tertiary/aromatic N) is 3. The Balaban J connectivity index is 0.00000228. The number of aromatic carboxylic acids is 1. The molecule has 0 saturated carbocycles. The zero-order valence-electron chi connectivity index (χ0n) is 19.7. The molecule has 0 spiro atoms. The fraction of sp³-hybridized carbons (Fsp3) is 0.304. The lowest BCUT2D eigenvalue weighted by atomic mass is 10.1. The number of hydrogen-bond acceptors (Lipinski definition) is 6. The van der Waals surface area contributed by atoms with E-state index in [9.17, 15) is 18.3 Å². The van der Waals surface area contributed by atoms with Crippen LogP contribution in [-0.4, -0.2) is 62.1 Å². The van der Waals surface area contributed by atoms with Crippen molar-refractivity contribution in [2.45, 2.75) is 18.2 Å². The number of piperazine rings is 1. The minimum Gasteiger partial charge on any atom is -0.478 e. The van der Waals surface area contributed by atoms with Crippen molar-refractivity contribution in [2.24, 2.45) is 0 Å². The highest BCUT2D eigenvalue weighted by atomic mass is 35.5. The van der Waals surface area contributed by atoms with Crippen molar-refractivity contribution in [3.63, 3.8) is 0 Å². The van der Waals surface area contributed by atoms with E-state index >= 15 is 0 Å². The van der Waals surface area contributed by atoms with Crippen molar-refractivity contribution in [1.82, 2.24) is 9.88 Å². The molecule has 0 aliphatic carbocycles. The van der Waals surface area contributed by atoms with Crippen LogP contribution in [0.4, 0.5) is 11.5 Å². The topological polar surface area (TPSA) is 103 Å². The average Bonchev–Trinajstić information content (AvgIpc) is 2.80. The summed E-state index contributed by atoms with van der Waals surface area (Å²) in [5, 5.41) is 10.6. The van der Waals surface area contributed by atoms with E-state index in [1.54, 1.807) is 18.2 Å². The first-order valence-electron chi connectivity index (χ1n) is 10.8. The van der Waals surface area contributed by atoms with Crippen LogP contribution in [0.2, 0.25) is 10.0 Å². The van der Waals surface area contributed by atoms with E-state index in [1.165, 1.54) is 24.3 Å². The Kier molecular flexibility index (Phi) is 12.5. The van der Waals surface area contributed by atoms with Crippen molar-refractivity contribution in [3.8, 4) is 0 Å². The fourth-order valence-electron chi connectivity index (χ4n) is 3.99. The number of hydrogen-bond donors (Lipinski definition) is 2. The molecule has 0 radical (unpaired) electrons. The average molecular weight is 633 g/mol. The lowest BCUT2D eigenvalue weighted by Gasteiger charge is -2.35. The first-order chi connectivity index (χ1) is 16.2. The van der Waals surface area contributed by atoms with Crippen molar-refractivity contribution in [3.05, 3.63) is 58.1 Å². The molecular weight excluding hydrogens is 606 g/mol. The van der Waals surface area contributed by atoms with Crippen LogP contribution in [0.1, 0.15) is 23.7 Å². The van der Waals surface area contributed by atoms with E-state index < -0.39 is 16.0 Å². The molecule has 2 N–H and O–H groups in total. The van der Waals surface area contributed by atoms with Gasteiger partial charge >= 0.3 is 5.97 Å². The van der Waals surface area contributed by atoms with Gasteiger partial charge in [0.15, 0.2) is 0 Å². The Morgan fingerprint density at radius 1 is 1.00 bits per heavy atom. The second-order valence-electron chi connectivity index (χ2n) is 8.08. The quantitative estimate of drug-likeness (QED) is 0.338. The number of fused-ring (bicyclic) bond motifs is 1. The third-order valence-corrected chi connectivity index (χ3v) is 7.83. The van der Waals surface area contributed by atoms with Crippen LogP contribution in [0.5, 0.6) is 0 Å². The summed E-state index contributed by atoms with van der Waals surface area (Å²) in [6.45, 7) is 6.50. The van der Waals surface area contributed by atoms with Crippen molar-refractivity contribution < 1.29 is 18.3 Å². The number of benzene rings is 2. The molecule has 2 heterocycles. The highest BCUT2D eigenvalue weighted by Crippen LogP contribution is 2.29. The molecule has 0 atom stereocenters. The Hall–Kier alpha value is -1.72. The number of aromatic nitrogens is 1. The number of pyridine rings is 1. The molecule has 14 heteroatoms. The van der Waals surface area contributed by atoms with Gasteiger partial charge in [-0.2, -0.15) is 0 Å². The molecule has 1 aromatic heterocycles. The number of carbonyl (C=O) groups is 1. The van der Waals surface area contributed by atoms with Gasteiger partial charge in [0, 0.05) is 37.3 Å². The van der Waals surface area contributed by atoms with Gasteiger partial charge in [0.05, 0.1) is 26.0 Å². The predicted molar refractivity (Wildman–Crippen MR) is 157 cm³/mol. The van der Waals surface area contributed by atoms with Gasteiger partial charge in [-0.1, -0.05) is 30.1 Å². The van der Waals surface area contributed by atoms with Crippen LogP contribution in [0.15, 0.2) is 47.4 Å². The Bertz CT molecular complexity index is 1350. The maximum Gasteiger partial charge on any atom is 0.336 e. The molecule has 1 aliphatic rings. The van der Waals surface area contributed by atoms with Crippen molar-refractivity contribution >= 4 is 98.8 Å². The van der Waals surface area contributed by atoms with E-state index in [0.717, 1.165) is 39.1 Å². The van der Waals surface area contributed by atoms with Gasteiger partial charge in [-0.05, 0) is 55.4 Å². The number of nitrogens with one attached hydrogen (secondary N) is 1. The first kappa shape index (κ1) is 33.3. The minimum atomic E-state index is -3.96. The molecule has 1 saturated heterocycles. The van der Waals surface area contributed by atoms with E-state index in [4.69, 9.17) is 23.2 Å². The van der Waals surface area contributed by atoms with Gasteiger partial charge in [0.25, 0.3) is 10.0 Å². The third-order valence-electron chi connectivity index (χ3n) is 5.72. The summed E-state index contributed by atoms with van der Waals surface area (Å²) in [6.07, 6.45) is 1.09. The summed E-state index contributed by atoms with van der Waals surface area (Å²) in [7, 11) is -3.96. The standard InChI is InChI=1S/C23H24Cl2N4O4S.3ClH/c1-2-7-28-8-10-29(11-9-28)22-14-18(23(30)31)17-12-15(3-6-21(17)26-22)27-34(32,33)16-4-5-19(24)20(25)13-16;;;/h3-6,12-14,27H,2,7-11H2,1H3,(H,30,31);3*1H. The van der Waals surface area contributed by atoms with E-state index in [0.29, 0.717) is 16.7 Å². The van der Waals surface area contributed by atoms with Gasteiger partial charge in [0.2, 0.25) is 0 Å². The highest BCUT2D eigenvalue weighted by Gasteiger charge is 2.21. The third kappa shape index (κ3) is 7.66. The molecule has 0 amide bonds. The van der Waals surface area contributed by atoms with Crippen LogP contribution in [0, 0.1) is 0 Å². The molecule has 37 heavy (non-hydrogen) atoms. The van der Waals surface area contributed by atoms with Gasteiger partial charge < -0.3 is 10.0 Å². The number of rotatable bonds is 7.